The lowest BCUT2D eigenvalue weighted by Crippen LogP contribution is -2.26. The fourth-order valence-electron chi connectivity index (χ4n) is 3.62. The SMILES string of the molecule is CCCC(Nc1ccc(-n2ccc(C(C)(C)C)n2)nc1)c1ccc(C(=O)NCCC(=O)OC)cc1. The van der Waals surface area contributed by atoms with Gasteiger partial charge in [0.05, 0.1) is 37.2 Å². The summed E-state index contributed by atoms with van der Waals surface area (Å²) in [6.07, 6.45) is 5.83. The number of methoxy groups -OCH3 is 1. The molecule has 186 valence electrons. The highest BCUT2D eigenvalue weighted by Gasteiger charge is 2.17. The molecule has 1 atom stereocenters. The number of aromatic nitrogens is 3. The van der Waals surface area contributed by atoms with Crippen LogP contribution in [0.1, 0.15) is 74.6 Å². The highest BCUT2D eigenvalue weighted by Crippen LogP contribution is 2.25. The maximum absolute atomic E-state index is 12.3. The summed E-state index contributed by atoms with van der Waals surface area (Å²) >= 11 is 0. The van der Waals surface area contributed by atoms with Crippen molar-refractivity contribution in [2.75, 3.05) is 19.0 Å². The Balaban J connectivity index is 1.65. The smallest absolute Gasteiger partial charge is 0.307 e. The molecule has 0 fully saturated rings. The normalized spacial score (nSPS) is 12.1. The number of nitrogens with zero attached hydrogens (tertiary/aromatic N) is 3. The molecule has 2 aromatic heterocycles. The van der Waals surface area contributed by atoms with Gasteiger partial charge < -0.3 is 15.4 Å². The van der Waals surface area contributed by atoms with E-state index in [0.29, 0.717) is 5.56 Å². The number of anilines is 1. The predicted molar refractivity (Wildman–Crippen MR) is 137 cm³/mol. The summed E-state index contributed by atoms with van der Waals surface area (Å²) in [5.74, 6) is 0.199. The Labute approximate surface area is 207 Å². The minimum absolute atomic E-state index is 0.0145. The Bertz CT molecular complexity index is 1110. The average Bonchev–Trinajstić information content (AvgIpc) is 3.35. The van der Waals surface area contributed by atoms with Gasteiger partial charge in [0.25, 0.3) is 5.91 Å². The summed E-state index contributed by atoms with van der Waals surface area (Å²) in [4.78, 5) is 28.1. The molecule has 0 aliphatic carbocycles. The molecule has 1 aromatic carbocycles. The second kappa shape index (κ2) is 11.6. The molecular formula is C27H35N5O3. The molecule has 0 bridgehead atoms. The maximum Gasteiger partial charge on any atom is 0.307 e. The van der Waals surface area contributed by atoms with E-state index in [1.54, 1.807) is 16.8 Å². The van der Waals surface area contributed by atoms with Gasteiger partial charge in [-0.15, -0.1) is 0 Å². The minimum Gasteiger partial charge on any atom is -0.469 e. The average molecular weight is 478 g/mol. The summed E-state index contributed by atoms with van der Waals surface area (Å²) < 4.78 is 6.38. The fourth-order valence-corrected chi connectivity index (χ4v) is 3.62. The van der Waals surface area contributed by atoms with Crippen molar-refractivity contribution in [3.63, 3.8) is 0 Å². The van der Waals surface area contributed by atoms with Gasteiger partial charge in [0.1, 0.15) is 0 Å². The summed E-state index contributed by atoms with van der Waals surface area (Å²) in [6.45, 7) is 8.80. The summed E-state index contributed by atoms with van der Waals surface area (Å²) in [5.41, 5.74) is 3.56. The number of carbonyl (C=O) groups is 2. The number of ether oxygens (including phenoxy) is 1. The molecule has 8 heteroatoms. The van der Waals surface area contributed by atoms with Crippen LogP contribution in [0.4, 0.5) is 5.69 Å². The third-order valence-electron chi connectivity index (χ3n) is 5.68. The van der Waals surface area contributed by atoms with Crippen LogP contribution < -0.4 is 10.6 Å². The Hall–Kier alpha value is -3.68. The lowest BCUT2D eigenvalue weighted by Gasteiger charge is -2.20. The van der Waals surface area contributed by atoms with Crippen LogP contribution in [-0.2, 0) is 14.9 Å². The highest BCUT2D eigenvalue weighted by atomic mass is 16.5. The van der Waals surface area contributed by atoms with Gasteiger partial charge in [0.15, 0.2) is 5.82 Å². The van der Waals surface area contributed by atoms with Crippen LogP contribution in [-0.4, -0.2) is 40.3 Å². The zero-order chi connectivity index (χ0) is 25.4. The van der Waals surface area contributed by atoms with E-state index in [-0.39, 0.29) is 36.3 Å². The van der Waals surface area contributed by atoms with E-state index in [2.05, 4.69) is 53.1 Å². The highest BCUT2D eigenvalue weighted by molar-refractivity contribution is 5.94. The molecule has 0 radical (unpaired) electrons. The van der Waals surface area contributed by atoms with Crippen LogP contribution in [0.3, 0.4) is 0 Å². The maximum atomic E-state index is 12.3. The van der Waals surface area contributed by atoms with Gasteiger partial charge in [0.2, 0.25) is 0 Å². The van der Waals surface area contributed by atoms with Gasteiger partial charge in [0, 0.05) is 23.7 Å². The number of amides is 1. The van der Waals surface area contributed by atoms with Gasteiger partial charge in [-0.05, 0) is 42.3 Å². The molecule has 1 amide bonds. The van der Waals surface area contributed by atoms with Gasteiger partial charge in [-0.2, -0.15) is 5.10 Å². The Morgan fingerprint density at radius 3 is 2.40 bits per heavy atom. The zero-order valence-corrected chi connectivity index (χ0v) is 21.2. The molecule has 2 N–H and O–H groups in total. The van der Waals surface area contributed by atoms with E-state index in [4.69, 9.17) is 0 Å². The van der Waals surface area contributed by atoms with E-state index in [1.807, 2.05) is 42.7 Å². The van der Waals surface area contributed by atoms with E-state index in [0.717, 1.165) is 35.6 Å². The first-order chi connectivity index (χ1) is 16.7. The van der Waals surface area contributed by atoms with Crippen LogP contribution in [0.2, 0.25) is 0 Å². The lowest BCUT2D eigenvalue weighted by atomic mass is 9.93. The van der Waals surface area contributed by atoms with Gasteiger partial charge >= 0.3 is 5.97 Å². The summed E-state index contributed by atoms with van der Waals surface area (Å²) in [6, 6.07) is 13.6. The zero-order valence-electron chi connectivity index (χ0n) is 21.2. The summed E-state index contributed by atoms with van der Waals surface area (Å²) in [7, 11) is 1.33. The lowest BCUT2D eigenvalue weighted by molar-refractivity contribution is -0.140. The number of carbonyl (C=O) groups excluding carboxylic acids is 2. The third-order valence-corrected chi connectivity index (χ3v) is 5.68. The molecule has 3 rings (SSSR count). The van der Waals surface area contributed by atoms with Crippen LogP contribution in [0, 0.1) is 0 Å². The van der Waals surface area contributed by atoms with Crippen molar-refractivity contribution in [1.82, 2.24) is 20.1 Å². The molecule has 1 unspecified atom stereocenters. The first kappa shape index (κ1) is 25.9. The van der Waals surface area contributed by atoms with Crippen LogP contribution in [0.5, 0.6) is 0 Å². The minimum atomic E-state index is -0.351. The molecular weight excluding hydrogens is 442 g/mol. The molecule has 0 aliphatic heterocycles. The number of nitrogens with one attached hydrogen (secondary N) is 2. The second-order valence-corrected chi connectivity index (χ2v) is 9.49. The van der Waals surface area contributed by atoms with Crippen molar-refractivity contribution in [1.29, 1.82) is 0 Å². The van der Waals surface area contributed by atoms with Gasteiger partial charge in [-0.3, -0.25) is 9.59 Å². The van der Waals surface area contributed by atoms with Crippen molar-refractivity contribution in [2.45, 2.75) is 58.4 Å². The Morgan fingerprint density at radius 2 is 1.83 bits per heavy atom. The van der Waals surface area contributed by atoms with E-state index < -0.39 is 0 Å². The molecule has 0 saturated heterocycles. The molecule has 0 saturated carbocycles. The van der Waals surface area contributed by atoms with Crippen molar-refractivity contribution >= 4 is 17.6 Å². The topological polar surface area (TPSA) is 98.1 Å². The third kappa shape index (κ3) is 7.15. The van der Waals surface area contributed by atoms with E-state index in [9.17, 15) is 9.59 Å². The molecule has 0 aliphatic rings. The molecule has 0 spiro atoms. The van der Waals surface area contributed by atoms with Crippen LogP contribution >= 0.6 is 0 Å². The van der Waals surface area contributed by atoms with Gasteiger partial charge in [-0.25, -0.2) is 9.67 Å². The number of benzene rings is 1. The number of esters is 1. The Morgan fingerprint density at radius 1 is 1.09 bits per heavy atom. The summed E-state index contributed by atoms with van der Waals surface area (Å²) in [5, 5.41) is 10.9. The molecule has 8 nitrogen and oxygen atoms in total. The van der Waals surface area contributed by atoms with Crippen molar-refractivity contribution in [3.8, 4) is 5.82 Å². The number of hydrogen-bond donors (Lipinski definition) is 2. The first-order valence-corrected chi connectivity index (χ1v) is 12.0. The Kier molecular flexibility index (Phi) is 8.63. The number of rotatable bonds is 10. The number of hydrogen-bond acceptors (Lipinski definition) is 6. The fraction of sp³-hybridized carbons (Fsp3) is 0.407. The molecule has 3 aromatic rings. The van der Waals surface area contributed by atoms with Crippen LogP contribution in [0.25, 0.3) is 5.82 Å². The first-order valence-electron chi connectivity index (χ1n) is 12.0. The van der Waals surface area contributed by atoms with E-state index >= 15 is 0 Å². The molecule has 2 heterocycles. The quantitative estimate of drug-likeness (QED) is 0.407. The largest absolute Gasteiger partial charge is 0.469 e. The van der Waals surface area contributed by atoms with E-state index in [1.165, 1.54) is 7.11 Å². The molecule has 35 heavy (non-hydrogen) atoms. The monoisotopic (exact) mass is 477 g/mol. The predicted octanol–water partition coefficient (Wildman–Crippen LogP) is 4.81. The van der Waals surface area contributed by atoms with Crippen molar-refractivity contribution < 1.29 is 14.3 Å². The van der Waals surface area contributed by atoms with Crippen molar-refractivity contribution in [3.05, 3.63) is 71.7 Å². The second-order valence-electron chi connectivity index (χ2n) is 9.49. The van der Waals surface area contributed by atoms with Crippen molar-refractivity contribution in [2.24, 2.45) is 0 Å². The van der Waals surface area contributed by atoms with Crippen LogP contribution in [0.15, 0.2) is 54.9 Å². The standard InChI is InChI=1S/C27H35N5O3/c1-6-7-22(19-8-10-20(11-9-19)26(34)28-16-14-25(33)35-5)30-21-12-13-24(29-18-21)32-17-15-23(31-32)27(2,3)4/h8-13,15,17-18,22,30H,6-7,14,16H2,1-5H3,(H,28,34). The number of pyridine rings is 1. The van der Waals surface area contributed by atoms with Gasteiger partial charge in [-0.1, -0.05) is 46.2 Å².